The number of nitrogens with two attached hydrogens (primary N) is 1. The SMILES string of the molecule is NC(=O)c1n[nH]nc1-c1ccc(N2CCOCC2)cc1. The summed E-state index contributed by atoms with van der Waals surface area (Å²) in [6.45, 7) is 3.26. The fourth-order valence-corrected chi connectivity index (χ4v) is 2.26. The highest BCUT2D eigenvalue weighted by molar-refractivity contribution is 5.96. The quantitative estimate of drug-likeness (QED) is 0.844. The summed E-state index contributed by atoms with van der Waals surface area (Å²) in [5.74, 6) is -0.592. The monoisotopic (exact) mass is 273 g/mol. The van der Waals surface area contributed by atoms with Gasteiger partial charge in [0.05, 0.1) is 13.2 Å². The molecule has 7 heteroatoms. The minimum Gasteiger partial charge on any atom is -0.378 e. The van der Waals surface area contributed by atoms with Crippen molar-refractivity contribution in [3.63, 3.8) is 0 Å². The number of nitrogens with one attached hydrogen (secondary N) is 1. The maximum atomic E-state index is 11.2. The Morgan fingerprint density at radius 2 is 1.90 bits per heavy atom. The van der Waals surface area contributed by atoms with Gasteiger partial charge in [-0.05, 0) is 12.1 Å². The zero-order valence-electron chi connectivity index (χ0n) is 10.9. The number of anilines is 1. The average molecular weight is 273 g/mol. The largest absolute Gasteiger partial charge is 0.378 e. The van der Waals surface area contributed by atoms with E-state index in [2.05, 4.69) is 20.3 Å². The van der Waals surface area contributed by atoms with Gasteiger partial charge in [0.2, 0.25) is 0 Å². The fraction of sp³-hybridized carbons (Fsp3) is 0.308. The summed E-state index contributed by atoms with van der Waals surface area (Å²) in [5.41, 5.74) is 7.83. The van der Waals surface area contributed by atoms with E-state index in [0.717, 1.165) is 37.6 Å². The molecule has 0 saturated carbocycles. The Kier molecular flexibility index (Phi) is 3.34. The van der Waals surface area contributed by atoms with Crippen LogP contribution >= 0.6 is 0 Å². The van der Waals surface area contributed by atoms with Crippen LogP contribution in [0.2, 0.25) is 0 Å². The van der Waals surface area contributed by atoms with Crippen LogP contribution < -0.4 is 10.6 Å². The zero-order valence-corrected chi connectivity index (χ0v) is 10.9. The molecule has 1 aliphatic rings. The Morgan fingerprint density at radius 3 is 2.55 bits per heavy atom. The molecule has 0 radical (unpaired) electrons. The highest BCUT2D eigenvalue weighted by atomic mass is 16.5. The molecule has 1 aromatic heterocycles. The van der Waals surface area contributed by atoms with Gasteiger partial charge in [-0.1, -0.05) is 12.1 Å². The first-order valence-corrected chi connectivity index (χ1v) is 6.39. The van der Waals surface area contributed by atoms with E-state index in [1.165, 1.54) is 0 Å². The van der Waals surface area contributed by atoms with Crippen LogP contribution in [0.25, 0.3) is 11.3 Å². The standard InChI is InChI=1S/C13H15N5O2/c14-13(19)12-11(15-17-16-12)9-1-3-10(4-2-9)18-5-7-20-8-6-18/h1-4H,5-8H2,(H2,14,19)(H,15,16,17). The molecule has 0 aliphatic carbocycles. The number of amides is 1. The smallest absolute Gasteiger partial charge is 0.271 e. The van der Waals surface area contributed by atoms with Gasteiger partial charge in [-0.25, -0.2) is 0 Å². The van der Waals surface area contributed by atoms with E-state index in [9.17, 15) is 4.79 Å². The Labute approximate surface area is 115 Å². The molecule has 1 saturated heterocycles. The maximum absolute atomic E-state index is 11.2. The normalized spacial score (nSPS) is 15.3. The van der Waals surface area contributed by atoms with Crippen molar-refractivity contribution in [3.8, 4) is 11.3 Å². The van der Waals surface area contributed by atoms with E-state index >= 15 is 0 Å². The molecule has 1 fully saturated rings. The van der Waals surface area contributed by atoms with Crippen molar-refractivity contribution >= 4 is 11.6 Å². The van der Waals surface area contributed by atoms with Crippen LogP contribution in [0.15, 0.2) is 24.3 Å². The number of nitrogens with zero attached hydrogens (tertiary/aromatic N) is 3. The van der Waals surface area contributed by atoms with Crippen LogP contribution in [-0.4, -0.2) is 47.6 Å². The number of hydrogen-bond donors (Lipinski definition) is 2. The number of aromatic amines is 1. The fourth-order valence-electron chi connectivity index (χ4n) is 2.26. The predicted octanol–water partition coefficient (Wildman–Crippen LogP) is 0.407. The van der Waals surface area contributed by atoms with E-state index in [4.69, 9.17) is 10.5 Å². The van der Waals surface area contributed by atoms with Gasteiger partial charge in [0.25, 0.3) is 5.91 Å². The number of ether oxygens (including phenoxy) is 1. The highest BCUT2D eigenvalue weighted by Crippen LogP contribution is 2.23. The van der Waals surface area contributed by atoms with Crippen molar-refractivity contribution in [1.29, 1.82) is 0 Å². The number of morpholine rings is 1. The van der Waals surface area contributed by atoms with Gasteiger partial charge in [0, 0.05) is 24.3 Å². The molecule has 1 aromatic carbocycles. The third kappa shape index (κ3) is 2.35. The van der Waals surface area contributed by atoms with Gasteiger partial charge < -0.3 is 15.4 Å². The van der Waals surface area contributed by atoms with Gasteiger partial charge in [-0.2, -0.15) is 15.4 Å². The molecule has 0 spiro atoms. The molecule has 3 N–H and O–H groups in total. The first-order valence-electron chi connectivity index (χ1n) is 6.39. The number of H-pyrrole nitrogens is 1. The van der Waals surface area contributed by atoms with Crippen molar-refractivity contribution in [2.75, 3.05) is 31.2 Å². The van der Waals surface area contributed by atoms with E-state index < -0.39 is 5.91 Å². The number of carbonyl (C=O) groups excluding carboxylic acids is 1. The molecule has 0 unspecified atom stereocenters. The second-order valence-corrected chi connectivity index (χ2v) is 4.53. The van der Waals surface area contributed by atoms with Gasteiger partial charge in [-0.3, -0.25) is 4.79 Å². The molecule has 1 amide bonds. The molecule has 2 aromatic rings. The molecule has 0 bridgehead atoms. The second kappa shape index (κ2) is 5.30. The van der Waals surface area contributed by atoms with Gasteiger partial charge in [0.1, 0.15) is 5.69 Å². The lowest BCUT2D eigenvalue weighted by Gasteiger charge is -2.28. The molecule has 3 rings (SSSR count). The molecule has 7 nitrogen and oxygen atoms in total. The van der Waals surface area contributed by atoms with Crippen molar-refractivity contribution in [2.45, 2.75) is 0 Å². The minimum atomic E-state index is -0.592. The number of primary amides is 1. The lowest BCUT2D eigenvalue weighted by molar-refractivity contribution is 0.0996. The summed E-state index contributed by atoms with van der Waals surface area (Å²) in [5, 5.41) is 10.2. The molecule has 20 heavy (non-hydrogen) atoms. The second-order valence-electron chi connectivity index (χ2n) is 4.53. The van der Waals surface area contributed by atoms with Crippen molar-refractivity contribution in [3.05, 3.63) is 30.0 Å². The first kappa shape index (κ1) is 12.6. The van der Waals surface area contributed by atoms with Crippen molar-refractivity contribution in [1.82, 2.24) is 15.4 Å². The topological polar surface area (TPSA) is 97.1 Å². The van der Waals surface area contributed by atoms with Crippen molar-refractivity contribution < 1.29 is 9.53 Å². The Bertz CT molecular complexity index is 601. The lowest BCUT2D eigenvalue weighted by Crippen LogP contribution is -2.36. The van der Waals surface area contributed by atoms with E-state index in [0.29, 0.717) is 5.69 Å². The Hall–Kier alpha value is -2.41. The summed E-state index contributed by atoms with van der Waals surface area (Å²) < 4.78 is 5.33. The number of carbonyl (C=O) groups is 1. The molecule has 1 aliphatic heterocycles. The number of hydrogen-bond acceptors (Lipinski definition) is 5. The molecular weight excluding hydrogens is 258 g/mol. The zero-order chi connectivity index (χ0) is 13.9. The molecule has 2 heterocycles. The summed E-state index contributed by atoms with van der Waals surface area (Å²) in [6.07, 6.45) is 0. The summed E-state index contributed by atoms with van der Waals surface area (Å²) >= 11 is 0. The number of benzene rings is 1. The number of rotatable bonds is 3. The first-order chi connectivity index (χ1) is 9.75. The summed E-state index contributed by atoms with van der Waals surface area (Å²) in [7, 11) is 0. The average Bonchev–Trinajstić information content (AvgIpc) is 2.98. The van der Waals surface area contributed by atoms with E-state index in [-0.39, 0.29) is 5.69 Å². The summed E-state index contributed by atoms with van der Waals surface area (Å²) in [6, 6.07) is 7.82. The maximum Gasteiger partial charge on any atom is 0.271 e. The van der Waals surface area contributed by atoms with Crippen LogP contribution in [0.3, 0.4) is 0 Å². The van der Waals surface area contributed by atoms with Crippen LogP contribution in [0.4, 0.5) is 5.69 Å². The van der Waals surface area contributed by atoms with Gasteiger partial charge in [0.15, 0.2) is 5.69 Å². The summed E-state index contributed by atoms with van der Waals surface area (Å²) in [4.78, 5) is 13.5. The van der Waals surface area contributed by atoms with E-state index in [1.807, 2.05) is 24.3 Å². The third-order valence-corrected chi connectivity index (χ3v) is 3.30. The molecule has 104 valence electrons. The Balaban J connectivity index is 1.85. The van der Waals surface area contributed by atoms with Crippen molar-refractivity contribution in [2.24, 2.45) is 5.73 Å². The van der Waals surface area contributed by atoms with Gasteiger partial charge >= 0.3 is 0 Å². The van der Waals surface area contributed by atoms with Crippen LogP contribution in [-0.2, 0) is 4.74 Å². The Morgan fingerprint density at radius 1 is 1.20 bits per heavy atom. The number of aromatic nitrogens is 3. The third-order valence-electron chi connectivity index (χ3n) is 3.30. The minimum absolute atomic E-state index is 0.157. The molecule has 0 atom stereocenters. The predicted molar refractivity (Wildman–Crippen MR) is 73.4 cm³/mol. The lowest BCUT2D eigenvalue weighted by atomic mass is 10.1. The highest BCUT2D eigenvalue weighted by Gasteiger charge is 2.16. The van der Waals surface area contributed by atoms with Crippen LogP contribution in [0, 0.1) is 0 Å². The molecular formula is C13H15N5O2. The van der Waals surface area contributed by atoms with Gasteiger partial charge in [-0.15, -0.1) is 0 Å². The van der Waals surface area contributed by atoms with Crippen LogP contribution in [0.1, 0.15) is 10.5 Å². The van der Waals surface area contributed by atoms with E-state index in [1.54, 1.807) is 0 Å². The van der Waals surface area contributed by atoms with Crippen LogP contribution in [0.5, 0.6) is 0 Å².